The average Bonchev–Trinajstić information content (AvgIpc) is 3.17. The van der Waals surface area contributed by atoms with Gasteiger partial charge in [-0.3, -0.25) is 4.99 Å². The molecule has 0 bridgehead atoms. The highest BCUT2D eigenvalue weighted by atomic mass is 127. The van der Waals surface area contributed by atoms with E-state index in [0.717, 1.165) is 44.1 Å². The minimum absolute atomic E-state index is 0. The SMILES string of the molecule is CN=C(NCCN(C)Cc1ccc(F)cc1)NC1CCN(c2ncccc2F)C1.I. The Morgan fingerprint density at radius 3 is 2.73 bits per heavy atom. The molecule has 1 aliphatic rings. The molecule has 3 rings (SSSR count). The Labute approximate surface area is 193 Å². The van der Waals surface area contributed by atoms with Crippen molar-refractivity contribution < 1.29 is 8.78 Å². The van der Waals surface area contributed by atoms with E-state index in [9.17, 15) is 8.78 Å². The van der Waals surface area contributed by atoms with E-state index in [0.29, 0.717) is 12.4 Å². The van der Waals surface area contributed by atoms with Crippen molar-refractivity contribution in [3.8, 4) is 0 Å². The fourth-order valence-electron chi connectivity index (χ4n) is 3.41. The van der Waals surface area contributed by atoms with Crippen molar-refractivity contribution in [2.24, 2.45) is 4.99 Å². The van der Waals surface area contributed by atoms with Gasteiger partial charge in [0, 0.05) is 52.0 Å². The summed E-state index contributed by atoms with van der Waals surface area (Å²) in [6, 6.07) is 9.78. The van der Waals surface area contributed by atoms with Crippen LogP contribution in [-0.4, -0.2) is 62.2 Å². The highest BCUT2D eigenvalue weighted by Gasteiger charge is 2.25. The number of halogens is 3. The number of aromatic nitrogens is 1. The second-order valence-electron chi connectivity index (χ2n) is 7.25. The molecule has 164 valence electrons. The lowest BCUT2D eigenvalue weighted by atomic mass is 10.2. The Bertz CT molecular complexity index is 817. The van der Waals surface area contributed by atoms with Gasteiger partial charge in [0.1, 0.15) is 5.82 Å². The summed E-state index contributed by atoms with van der Waals surface area (Å²) in [5.74, 6) is 0.625. The molecule has 1 unspecified atom stereocenters. The molecule has 9 heteroatoms. The molecule has 0 amide bonds. The van der Waals surface area contributed by atoms with E-state index in [1.54, 1.807) is 31.4 Å². The van der Waals surface area contributed by atoms with Crippen molar-refractivity contribution in [1.82, 2.24) is 20.5 Å². The zero-order chi connectivity index (χ0) is 20.6. The molecule has 0 spiro atoms. The van der Waals surface area contributed by atoms with Crippen LogP contribution >= 0.6 is 24.0 Å². The third-order valence-corrected chi connectivity index (χ3v) is 4.94. The molecule has 30 heavy (non-hydrogen) atoms. The molecule has 1 aromatic carbocycles. The summed E-state index contributed by atoms with van der Waals surface area (Å²) in [4.78, 5) is 12.6. The largest absolute Gasteiger partial charge is 0.355 e. The summed E-state index contributed by atoms with van der Waals surface area (Å²) in [6.07, 6.45) is 2.50. The van der Waals surface area contributed by atoms with Gasteiger partial charge < -0.3 is 20.4 Å². The minimum Gasteiger partial charge on any atom is -0.355 e. The van der Waals surface area contributed by atoms with Crippen molar-refractivity contribution in [2.45, 2.75) is 19.0 Å². The van der Waals surface area contributed by atoms with Gasteiger partial charge in [0.05, 0.1) is 0 Å². The van der Waals surface area contributed by atoms with Crippen LogP contribution < -0.4 is 15.5 Å². The molecule has 2 N–H and O–H groups in total. The Hall–Kier alpha value is -2.01. The molecule has 1 aliphatic heterocycles. The zero-order valence-electron chi connectivity index (χ0n) is 17.3. The summed E-state index contributed by atoms with van der Waals surface area (Å²) in [7, 11) is 3.76. The summed E-state index contributed by atoms with van der Waals surface area (Å²) in [5.41, 5.74) is 1.07. The predicted molar refractivity (Wildman–Crippen MR) is 127 cm³/mol. The average molecular weight is 530 g/mol. The standard InChI is InChI=1S/C21H28F2N6.HI/c1-24-21(26-11-13-28(2)14-16-5-7-17(22)8-6-16)27-18-9-12-29(15-18)20-19(23)4-3-10-25-20;/h3-8,10,18H,9,11-15H2,1-2H3,(H2,24,26,27);1H. The molecule has 0 aliphatic carbocycles. The van der Waals surface area contributed by atoms with Gasteiger partial charge in [-0.05, 0) is 43.3 Å². The van der Waals surface area contributed by atoms with Crippen LogP contribution in [0.3, 0.4) is 0 Å². The van der Waals surface area contributed by atoms with Gasteiger partial charge in [-0.1, -0.05) is 12.1 Å². The van der Waals surface area contributed by atoms with E-state index in [2.05, 4.69) is 25.5 Å². The number of anilines is 1. The van der Waals surface area contributed by atoms with Gasteiger partial charge >= 0.3 is 0 Å². The molecule has 6 nitrogen and oxygen atoms in total. The number of likely N-dealkylation sites (N-methyl/N-ethyl adjacent to an activating group) is 1. The van der Waals surface area contributed by atoms with Gasteiger partial charge in [-0.25, -0.2) is 13.8 Å². The van der Waals surface area contributed by atoms with Crippen LogP contribution in [0.1, 0.15) is 12.0 Å². The number of benzene rings is 1. The number of nitrogens with one attached hydrogen (secondary N) is 2. The molecule has 0 radical (unpaired) electrons. The Balaban J connectivity index is 0.00000320. The first-order chi connectivity index (χ1) is 14.0. The molecule has 1 saturated heterocycles. The number of hydrogen-bond acceptors (Lipinski definition) is 4. The van der Waals surface area contributed by atoms with Crippen LogP contribution in [-0.2, 0) is 6.54 Å². The van der Waals surface area contributed by atoms with Crippen molar-refractivity contribution in [2.75, 3.05) is 45.2 Å². The second-order valence-corrected chi connectivity index (χ2v) is 7.25. The number of hydrogen-bond donors (Lipinski definition) is 2. The van der Waals surface area contributed by atoms with E-state index in [1.807, 2.05) is 11.9 Å². The summed E-state index contributed by atoms with van der Waals surface area (Å²) >= 11 is 0. The highest BCUT2D eigenvalue weighted by Crippen LogP contribution is 2.20. The Kier molecular flexibility index (Phi) is 9.70. The van der Waals surface area contributed by atoms with Crippen LogP contribution in [0.2, 0.25) is 0 Å². The van der Waals surface area contributed by atoms with E-state index in [1.165, 1.54) is 18.2 Å². The van der Waals surface area contributed by atoms with E-state index in [-0.39, 0.29) is 41.7 Å². The number of aliphatic imine (C=N–C) groups is 1. The van der Waals surface area contributed by atoms with Crippen molar-refractivity contribution in [1.29, 1.82) is 0 Å². The lowest BCUT2D eigenvalue weighted by Gasteiger charge is -2.21. The number of pyridine rings is 1. The fourth-order valence-corrected chi connectivity index (χ4v) is 3.41. The maximum atomic E-state index is 13.9. The monoisotopic (exact) mass is 530 g/mol. The van der Waals surface area contributed by atoms with Crippen molar-refractivity contribution in [3.05, 3.63) is 59.8 Å². The van der Waals surface area contributed by atoms with E-state index in [4.69, 9.17) is 0 Å². The topological polar surface area (TPSA) is 55.8 Å². The Morgan fingerprint density at radius 1 is 1.27 bits per heavy atom. The van der Waals surface area contributed by atoms with Crippen LogP contribution in [0, 0.1) is 11.6 Å². The van der Waals surface area contributed by atoms with Crippen molar-refractivity contribution in [3.63, 3.8) is 0 Å². The van der Waals surface area contributed by atoms with Gasteiger partial charge in [0.15, 0.2) is 17.6 Å². The first-order valence-electron chi connectivity index (χ1n) is 9.81. The van der Waals surface area contributed by atoms with E-state index >= 15 is 0 Å². The van der Waals surface area contributed by atoms with Crippen LogP contribution in [0.25, 0.3) is 0 Å². The van der Waals surface area contributed by atoms with E-state index < -0.39 is 0 Å². The zero-order valence-corrected chi connectivity index (χ0v) is 19.6. The number of guanidine groups is 1. The lowest BCUT2D eigenvalue weighted by molar-refractivity contribution is 0.331. The van der Waals surface area contributed by atoms with Crippen molar-refractivity contribution >= 4 is 35.8 Å². The molecule has 0 saturated carbocycles. The van der Waals surface area contributed by atoms with Gasteiger partial charge in [0.2, 0.25) is 0 Å². The maximum Gasteiger partial charge on any atom is 0.191 e. The minimum atomic E-state index is -0.292. The summed E-state index contributed by atoms with van der Waals surface area (Å²) in [5, 5.41) is 6.72. The highest BCUT2D eigenvalue weighted by molar-refractivity contribution is 14.0. The third-order valence-electron chi connectivity index (χ3n) is 4.94. The summed E-state index contributed by atoms with van der Waals surface area (Å²) in [6.45, 7) is 3.72. The molecule has 1 aromatic heterocycles. The number of rotatable bonds is 7. The first-order valence-corrected chi connectivity index (χ1v) is 9.81. The third kappa shape index (κ3) is 7.05. The fraction of sp³-hybridized carbons (Fsp3) is 0.429. The quantitative estimate of drug-likeness (QED) is 0.328. The van der Waals surface area contributed by atoms with Gasteiger partial charge in [0.25, 0.3) is 0 Å². The molecular formula is C21H29F2IN6. The molecule has 1 fully saturated rings. The normalized spacial score (nSPS) is 16.5. The second kappa shape index (κ2) is 12.0. The van der Waals surface area contributed by atoms with Crippen LogP contribution in [0.15, 0.2) is 47.6 Å². The Morgan fingerprint density at radius 2 is 2.03 bits per heavy atom. The van der Waals surface area contributed by atoms with Gasteiger partial charge in [-0.15, -0.1) is 24.0 Å². The summed E-state index contributed by atoms with van der Waals surface area (Å²) < 4.78 is 26.9. The molecule has 2 heterocycles. The molecule has 2 aromatic rings. The van der Waals surface area contributed by atoms with Gasteiger partial charge in [-0.2, -0.15) is 0 Å². The predicted octanol–water partition coefficient (Wildman–Crippen LogP) is 2.85. The first kappa shape index (κ1) is 24.3. The smallest absolute Gasteiger partial charge is 0.191 e. The number of nitrogens with zero attached hydrogens (tertiary/aromatic N) is 4. The van der Waals surface area contributed by atoms with Crippen LogP contribution in [0.5, 0.6) is 0 Å². The lowest BCUT2D eigenvalue weighted by Crippen LogP contribution is -2.46. The molecular weight excluding hydrogens is 501 g/mol. The maximum absolute atomic E-state index is 13.9. The molecule has 1 atom stereocenters. The van der Waals surface area contributed by atoms with Crippen LogP contribution in [0.4, 0.5) is 14.6 Å².